The molecule has 10 heteroatoms. The maximum Gasteiger partial charge on any atom is 0.341 e. The summed E-state index contributed by atoms with van der Waals surface area (Å²) in [4.78, 5) is 25.2. The van der Waals surface area contributed by atoms with Crippen molar-refractivity contribution in [1.82, 2.24) is 14.2 Å². The largest absolute Gasteiger partial charge is 0.467 e. The number of hydrogen-bond acceptors (Lipinski definition) is 6. The molecular weight excluding hydrogens is 422 g/mol. The summed E-state index contributed by atoms with van der Waals surface area (Å²) in [6, 6.07) is 3.50. The van der Waals surface area contributed by atoms with Crippen LogP contribution in [-0.4, -0.2) is 48.9 Å². The first-order valence-electron chi connectivity index (χ1n) is 10.3. The van der Waals surface area contributed by atoms with E-state index in [-0.39, 0.29) is 36.1 Å². The van der Waals surface area contributed by atoms with Gasteiger partial charge in [-0.2, -0.15) is 4.31 Å². The highest BCUT2D eigenvalue weighted by Gasteiger charge is 2.38. The van der Waals surface area contributed by atoms with E-state index in [0.717, 1.165) is 0 Å². The molecule has 0 unspecified atom stereocenters. The molecule has 3 rings (SSSR count). The number of ether oxygens (including phenoxy) is 1. The van der Waals surface area contributed by atoms with Gasteiger partial charge in [0.25, 0.3) is 0 Å². The quantitative estimate of drug-likeness (QED) is 0.646. The summed E-state index contributed by atoms with van der Waals surface area (Å²) in [7, 11) is -2.28. The lowest BCUT2D eigenvalue weighted by Crippen LogP contribution is -2.45. The van der Waals surface area contributed by atoms with E-state index in [2.05, 4.69) is 5.32 Å². The Balaban J connectivity index is 1.84. The van der Waals surface area contributed by atoms with Crippen LogP contribution in [0.1, 0.15) is 47.3 Å². The maximum atomic E-state index is 13.6. The van der Waals surface area contributed by atoms with Gasteiger partial charge in [0.2, 0.25) is 15.9 Å². The van der Waals surface area contributed by atoms with Gasteiger partial charge in [-0.1, -0.05) is 0 Å². The van der Waals surface area contributed by atoms with E-state index in [9.17, 15) is 18.0 Å². The smallest absolute Gasteiger partial charge is 0.341 e. The fraction of sp³-hybridized carbons (Fsp3) is 0.524. The van der Waals surface area contributed by atoms with Crippen LogP contribution in [0.4, 0.5) is 0 Å². The van der Waals surface area contributed by atoms with E-state index in [1.165, 1.54) is 10.6 Å². The molecule has 0 bridgehead atoms. The Morgan fingerprint density at radius 2 is 2.03 bits per heavy atom. The molecule has 170 valence electrons. The number of aromatic nitrogens is 1. The lowest BCUT2D eigenvalue weighted by Gasteiger charge is -2.31. The minimum absolute atomic E-state index is 0.0393. The van der Waals surface area contributed by atoms with Crippen molar-refractivity contribution >= 4 is 21.9 Å². The SMILES string of the molecule is CCOC(=O)c1c(S(=O)(=O)N2CCC[C@H](C(=O)NCc3ccco3)C2)c(C)n(C)c1C. The van der Waals surface area contributed by atoms with Crippen molar-refractivity contribution in [2.45, 2.75) is 45.1 Å². The van der Waals surface area contributed by atoms with Gasteiger partial charge in [-0.15, -0.1) is 0 Å². The van der Waals surface area contributed by atoms with Crippen molar-refractivity contribution in [1.29, 1.82) is 0 Å². The zero-order chi connectivity index (χ0) is 22.8. The molecule has 2 aromatic heterocycles. The predicted octanol–water partition coefficient (Wildman–Crippen LogP) is 2.13. The van der Waals surface area contributed by atoms with Crippen LogP contribution in [0, 0.1) is 19.8 Å². The normalized spacial score (nSPS) is 17.5. The molecule has 2 aromatic rings. The Bertz CT molecular complexity index is 1060. The number of piperidine rings is 1. The number of hydrogen-bond donors (Lipinski definition) is 1. The van der Waals surface area contributed by atoms with Crippen LogP contribution < -0.4 is 5.32 Å². The first kappa shape index (κ1) is 23.1. The molecule has 0 saturated carbocycles. The summed E-state index contributed by atoms with van der Waals surface area (Å²) < 4.78 is 40.5. The van der Waals surface area contributed by atoms with Gasteiger partial charge in [-0.05, 0) is 45.7 Å². The summed E-state index contributed by atoms with van der Waals surface area (Å²) >= 11 is 0. The Kier molecular flexibility index (Phi) is 6.90. The minimum atomic E-state index is -4.00. The van der Waals surface area contributed by atoms with Gasteiger partial charge in [-0.3, -0.25) is 4.79 Å². The lowest BCUT2D eigenvalue weighted by molar-refractivity contribution is -0.126. The van der Waals surface area contributed by atoms with E-state index < -0.39 is 21.9 Å². The first-order chi connectivity index (χ1) is 14.7. The fourth-order valence-electron chi connectivity index (χ4n) is 3.91. The highest BCUT2D eigenvalue weighted by molar-refractivity contribution is 7.89. The third-order valence-electron chi connectivity index (χ3n) is 5.77. The summed E-state index contributed by atoms with van der Waals surface area (Å²) in [5.74, 6) is -0.729. The highest BCUT2D eigenvalue weighted by Crippen LogP contribution is 2.32. The molecule has 1 N–H and O–H groups in total. The van der Waals surface area contributed by atoms with Crippen molar-refractivity contribution in [2.75, 3.05) is 19.7 Å². The average Bonchev–Trinajstić information content (AvgIpc) is 3.35. The molecule has 1 fully saturated rings. The van der Waals surface area contributed by atoms with Gasteiger partial charge in [0.05, 0.1) is 25.3 Å². The zero-order valence-electron chi connectivity index (χ0n) is 18.3. The van der Waals surface area contributed by atoms with Crippen LogP contribution in [0.5, 0.6) is 0 Å². The number of sulfonamides is 1. The molecule has 0 spiro atoms. The molecule has 0 aliphatic carbocycles. The molecule has 1 aliphatic rings. The van der Waals surface area contributed by atoms with E-state index in [1.807, 2.05) is 0 Å². The monoisotopic (exact) mass is 451 g/mol. The lowest BCUT2D eigenvalue weighted by atomic mass is 9.99. The van der Waals surface area contributed by atoms with Crippen LogP contribution in [0.3, 0.4) is 0 Å². The number of furan rings is 1. The minimum Gasteiger partial charge on any atom is -0.467 e. The van der Waals surface area contributed by atoms with Crippen molar-refractivity contribution in [2.24, 2.45) is 13.0 Å². The van der Waals surface area contributed by atoms with Crippen molar-refractivity contribution in [3.8, 4) is 0 Å². The summed E-state index contributed by atoms with van der Waals surface area (Å²) in [5.41, 5.74) is 1.05. The van der Waals surface area contributed by atoms with Gasteiger partial charge in [-0.25, -0.2) is 13.2 Å². The van der Waals surface area contributed by atoms with Gasteiger partial charge >= 0.3 is 5.97 Å². The predicted molar refractivity (Wildman–Crippen MR) is 113 cm³/mol. The Morgan fingerprint density at radius 1 is 1.29 bits per heavy atom. The number of esters is 1. The molecule has 1 aliphatic heterocycles. The number of nitrogens with one attached hydrogen (secondary N) is 1. The maximum absolute atomic E-state index is 13.6. The molecule has 0 aromatic carbocycles. The van der Waals surface area contributed by atoms with Crippen molar-refractivity contribution < 1.29 is 27.2 Å². The van der Waals surface area contributed by atoms with E-state index in [0.29, 0.717) is 36.5 Å². The Morgan fingerprint density at radius 3 is 2.68 bits per heavy atom. The number of carbonyl (C=O) groups is 2. The summed E-state index contributed by atoms with van der Waals surface area (Å²) in [6.07, 6.45) is 2.67. The number of carbonyl (C=O) groups excluding carboxylic acids is 2. The van der Waals surface area contributed by atoms with E-state index in [4.69, 9.17) is 9.15 Å². The van der Waals surface area contributed by atoms with Crippen molar-refractivity contribution in [3.05, 3.63) is 41.1 Å². The van der Waals surface area contributed by atoms with Gasteiger partial charge in [0.15, 0.2) is 0 Å². The topological polar surface area (TPSA) is 111 Å². The zero-order valence-corrected chi connectivity index (χ0v) is 19.1. The third kappa shape index (κ3) is 4.54. The summed E-state index contributed by atoms with van der Waals surface area (Å²) in [5, 5.41) is 2.81. The average molecular weight is 452 g/mol. The molecular formula is C21H29N3O6S. The van der Waals surface area contributed by atoms with E-state index in [1.54, 1.807) is 44.5 Å². The summed E-state index contributed by atoms with van der Waals surface area (Å²) in [6.45, 7) is 5.78. The fourth-order valence-corrected chi connectivity index (χ4v) is 5.91. The second-order valence-electron chi connectivity index (χ2n) is 7.65. The Labute approximate surface area is 182 Å². The van der Waals surface area contributed by atoms with Crippen molar-refractivity contribution in [3.63, 3.8) is 0 Å². The molecule has 1 saturated heterocycles. The van der Waals surface area contributed by atoms with Crippen LogP contribution in [0.25, 0.3) is 0 Å². The number of amides is 1. The molecule has 31 heavy (non-hydrogen) atoms. The van der Waals surface area contributed by atoms with Gasteiger partial charge in [0, 0.05) is 31.5 Å². The van der Waals surface area contributed by atoms with Crippen LogP contribution in [0.2, 0.25) is 0 Å². The first-order valence-corrected chi connectivity index (χ1v) is 11.8. The third-order valence-corrected chi connectivity index (χ3v) is 7.80. The molecule has 3 heterocycles. The van der Waals surface area contributed by atoms with Crippen LogP contribution in [-0.2, 0) is 33.1 Å². The van der Waals surface area contributed by atoms with Crippen LogP contribution in [0.15, 0.2) is 27.7 Å². The molecule has 9 nitrogen and oxygen atoms in total. The second kappa shape index (κ2) is 9.27. The highest BCUT2D eigenvalue weighted by atomic mass is 32.2. The van der Waals surface area contributed by atoms with Gasteiger partial charge in [0.1, 0.15) is 16.2 Å². The standard InChI is InChI=1S/C21H29N3O6S/c1-5-29-21(26)18-14(2)23(4)15(3)19(18)31(27,28)24-10-6-8-16(13-24)20(25)22-12-17-9-7-11-30-17/h7,9,11,16H,5-6,8,10,12-13H2,1-4H3,(H,22,25)/t16-/m0/s1. The van der Waals surface area contributed by atoms with Gasteiger partial charge < -0.3 is 19.0 Å². The molecule has 0 radical (unpaired) electrons. The van der Waals surface area contributed by atoms with E-state index >= 15 is 0 Å². The second-order valence-corrected chi connectivity index (χ2v) is 9.53. The number of rotatable bonds is 7. The number of nitrogens with zero attached hydrogens (tertiary/aromatic N) is 2. The molecule has 1 atom stereocenters. The Hall–Kier alpha value is -2.59. The van der Waals surface area contributed by atoms with Crippen LogP contribution >= 0.6 is 0 Å². The molecule has 1 amide bonds.